The van der Waals surface area contributed by atoms with Gasteiger partial charge in [-0.25, -0.2) is 13.1 Å². The van der Waals surface area contributed by atoms with Gasteiger partial charge >= 0.3 is 0 Å². The summed E-state index contributed by atoms with van der Waals surface area (Å²) >= 11 is 0. The van der Waals surface area contributed by atoms with Crippen molar-refractivity contribution in [3.8, 4) is 5.75 Å². The molecule has 1 unspecified atom stereocenters. The molecule has 1 aromatic carbocycles. The summed E-state index contributed by atoms with van der Waals surface area (Å²) in [6, 6.07) is 7.61. The lowest BCUT2D eigenvalue weighted by Gasteiger charge is -2.10. The lowest BCUT2D eigenvalue weighted by molar-refractivity contribution is -0.109. The number of phenolic OH excluding ortho intramolecular Hbond substituents is 1. The van der Waals surface area contributed by atoms with E-state index >= 15 is 0 Å². The Bertz CT molecular complexity index is 864. The number of nitrogens with one attached hydrogen (secondary N) is 2. The zero-order chi connectivity index (χ0) is 19.2. The number of pyridine rings is 1. The molecule has 8 nitrogen and oxygen atoms in total. The minimum atomic E-state index is -3.74. The Hall–Kier alpha value is -2.78. The first-order valence-electron chi connectivity index (χ1n) is 7.85. The van der Waals surface area contributed by atoms with Crippen LogP contribution in [-0.2, 0) is 21.4 Å². The quantitative estimate of drug-likeness (QED) is 0.589. The zero-order valence-electron chi connectivity index (χ0n) is 14.0. The normalized spacial score (nSPS) is 12.3. The third-order valence-electron chi connectivity index (χ3n) is 3.60. The van der Waals surface area contributed by atoms with E-state index in [1.54, 1.807) is 6.92 Å². The van der Waals surface area contributed by atoms with Crippen LogP contribution in [0.4, 0.5) is 0 Å². The number of aromatic hydroxyl groups is 1. The highest BCUT2D eigenvalue weighted by molar-refractivity contribution is 7.89. The van der Waals surface area contributed by atoms with E-state index in [1.807, 2.05) is 0 Å². The third kappa shape index (κ3) is 5.11. The second-order valence-corrected chi connectivity index (χ2v) is 7.25. The number of benzene rings is 1. The number of aromatic nitrogens is 1. The molecular formula is C17H19N3O5S. The van der Waals surface area contributed by atoms with Crippen LogP contribution in [0.5, 0.6) is 5.75 Å². The largest absolute Gasteiger partial charge is 0.508 e. The van der Waals surface area contributed by atoms with Crippen LogP contribution in [0.2, 0.25) is 0 Å². The number of carbonyl (C=O) groups excluding carboxylic acids is 2. The van der Waals surface area contributed by atoms with Gasteiger partial charge in [0.25, 0.3) is 5.91 Å². The highest BCUT2D eigenvalue weighted by atomic mass is 32.2. The van der Waals surface area contributed by atoms with Crippen LogP contribution in [0.25, 0.3) is 0 Å². The molecule has 1 aromatic heterocycles. The minimum Gasteiger partial charge on any atom is -0.508 e. The fourth-order valence-corrected chi connectivity index (χ4v) is 3.02. The molecule has 0 saturated carbocycles. The predicted molar refractivity (Wildman–Crippen MR) is 94.0 cm³/mol. The number of sulfonamides is 1. The van der Waals surface area contributed by atoms with Crippen molar-refractivity contribution in [2.45, 2.75) is 30.8 Å². The molecule has 0 radical (unpaired) electrons. The fraction of sp³-hybridized carbons (Fsp3) is 0.235. The van der Waals surface area contributed by atoms with Crippen LogP contribution in [0, 0.1) is 0 Å². The first kappa shape index (κ1) is 19.5. The summed E-state index contributed by atoms with van der Waals surface area (Å²) < 4.78 is 26.7. The average molecular weight is 377 g/mol. The maximum Gasteiger partial charge on any atom is 0.253 e. The molecule has 138 valence electrons. The number of hydrogen-bond donors (Lipinski definition) is 3. The lowest BCUT2D eigenvalue weighted by atomic mass is 10.2. The number of nitrogens with zero attached hydrogens (tertiary/aromatic N) is 1. The van der Waals surface area contributed by atoms with Gasteiger partial charge in [-0.15, -0.1) is 0 Å². The van der Waals surface area contributed by atoms with Crippen LogP contribution in [-0.4, -0.2) is 36.7 Å². The van der Waals surface area contributed by atoms with Crippen molar-refractivity contribution in [1.29, 1.82) is 0 Å². The number of phenols is 1. The van der Waals surface area contributed by atoms with Gasteiger partial charge in [-0.1, -0.05) is 6.92 Å². The summed E-state index contributed by atoms with van der Waals surface area (Å²) in [6.45, 7) is 1.72. The van der Waals surface area contributed by atoms with Gasteiger partial charge in [0.15, 0.2) is 0 Å². The predicted octanol–water partition coefficient (Wildman–Crippen LogP) is 0.973. The molecular weight excluding hydrogens is 358 g/mol. The van der Waals surface area contributed by atoms with Gasteiger partial charge in [0.1, 0.15) is 12.0 Å². The number of aldehydes is 1. The summed E-state index contributed by atoms with van der Waals surface area (Å²) in [5.41, 5.74) is 0.696. The van der Waals surface area contributed by atoms with Crippen molar-refractivity contribution < 1.29 is 23.1 Å². The fourth-order valence-electron chi connectivity index (χ4n) is 2.02. The minimum absolute atomic E-state index is 0.0192. The molecule has 1 amide bonds. The molecule has 0 bridgehead atoms. The van der Waals surface area contributed by atoms with E-state index in [-0.39, 0.29) is 22.8 Å². The van der Waals surface area contributed by atoms with E-state index < -0.39 is 22.0 Å². The molecule has 2 rings (SSSR count). The molecule has 2 aromatic rings. The summed E-state index contributed by atoms with van der Waals surface area (Å²) in [5.74, 6) is -0.452. The summed E-state index contributed by atoms with van der Waals surface area (Å²) in [7, 11) is -3.74. The standard InChI is InChI=1S/C17H19N3O5S/c1-2-13(11-21)20-17(23)12-3-4-14(18-9-12)10-19-26(24,25)16-7-5-15(22)6-8-16/h3-9,11,13,19,22H,2,10H2,1H3,(H,20,23). The number of hydrogen-bond acceptors (Lipinski definition) is 6. The second-order valence-electron chi connectivity index (χ2n) is 5.48. The average Bonchev–Trinajstić information content (AvgIpc) is 2.65. The molecule has 0 aliphatic heterocycles. The van der Waals surface area contributed by atoms with E-state index in [2.05, 4.69) is 15.0 Å². The van der Waals surface area contributed by atoms with Gasteiger partial charge in [-0.2, -0.15) is 0 Å². The van der Waals surface area contributed by atoms with Crippen molar-refractivity contribution in [2.24, 2.45) is 0 Å². The number of carbonyl (C=O) groups is 2. The first-order valence-corrected chi connectivity index (χ1v) is 9.34. The Balaban J connectivity index is 1.99. The molecule has 9 heteroatoms. The van der Waals surface area contributed by atoms with Gasteiger partial charge in [0.2, 0.25) is 10.0 Å². The SMILES string of the molecule is CCC(C=O)NC(=O)c1ccc(CNS(=O)(=O)c2ccc(O)cc2)nc1. The monoisotopic (exact) mass is 377 g/mol. The molecule has 0 fully saturated rings. The molecule has 1 heterocycles. The van der Waals surface area contributed by atoms with Crippen LogP contribution in [0.15, 0.2) is 47.5 Å². The van der Waals surface area contributed by atoms with Crippen molar-refractivity contribution in [1.82, 2.24) is 15.0 Å². The van der Waals surface area contributed by atoms with Crippen molar-refractivity contribution >= 4 is 22.2 Å². The maximum absolute atomic E-state index is 12.2. The number of amides is 1. The summed E-state index contributed by atoms with van der Waals surface area (Å²) in [4.78, 5) is 26.8. The molecule has 0 aliphatic carbocycles. The smallest absolute Gasteiger partial charge is 0.253 e. The highest BCUT2D eigenvalue weighted by Crippen LogP contribution is 2.14. The van der Waals surface area contributed by atoms with Gasteiger partial charge in [-0.05, 0) is 42.8 Å². The maximum atomic E-state index is 12.2. The van der Waals surface area contributed by atoms with Crippen LogP contribution in [0.3, 0.4) is 0 Å². The van der Waals surface area contributed by atoms with Crippen molar-refractivity contribution in [2.75, 3.05) is 0 Å². The molecule has 0 aliphatic rings. The zero-order valence-corrected chi connectivity index (χ0v) is 14.9. The summed E-state index contributed by atoms with van der Waals surface area (Å²) in [5, 5.41) is 11.8. The van der Waals surface area contributed by atoms with Crippen LogP contribution in [0.1, 0.15) is 29.4 Å². The molecule has 0 saturated heterocycles. The molecule has 3 N–H and O–H groups in total. The van der Waals surface area contributed by atoms with E-state index in [0.717, 1.165) is 0 Å². The topological polar surface area (TPSA) is 125 Å². The van der Waals surface area contributed by atoms with Gasteiger partial charge in [0.05, 0.1) is 28.7 Å². The summed E-state index contributed by atoms with van der Waals surface area (Å²) in [6.07, 6.45) is 2.47. The van der Waals surface area contributed by atoms with Gasteiger partial charge < -0.3 is 15.2 Å². The Morgan fingerprint density at radius 2 is 1.92 bits per heavy atom. The lowest BCUT2D eigenvalue weighted by Crippen LogP contribution is -2.35. The van der Waals surface area contributed by atoms with Gasteiger partial charge in [0, 0.05) is 6.20 Å². The molecule has 1 atom stereocenters. The van der Waals surface area contributed by atoms with Crippen LogP contribution < -0.4 is 10.0 Å². The van der Waals surface area contributed by atoms with Crippen LogP contribution >= 0.6 is 0 Å². The van der Waals surface area contributed by atoms with E-state index in [1.165, 1.54) is 42.6 Å². The Kier molecular flexibility index (Phi) is 6.42. The van der Waals surface area contributed by atoms with E-state index in [4.69, 9.17) is 0 Å². The van der Waals surface area contributed by atoms with Gasteiger partial charge in [-0.3, -0.25) is 9.78 Å². The van der Waals surface area contributed by atoms with E-state index in [0.29, 0.717) is 18.4 Å². The first-order chi connectivity index (χ1) is 12.4. The third-order valence-corrected chi connectivity index (χ3v) is 5.01. The number of rotatable bonds is 8. The Morgan fingerprint density at radius 3 is 2.46 bits per heavy atom. The molecule has 0 spiro atoms. The Morgan fingerprint density at radius 1 is 1.23 bits per heavy atom. The van der Waals surface area contributed by atoms with E-state index in [9.17, 15) is 23.1 Å². The highest BCUT2D eigenvalue weighted by Gasteiger charge is 2.15. The van der Waals surface area contributed by atoms with Crippen molar-refractivity contribution in [3.05, 3.63) is 53.9 Å². The Labute approximate surface area is 151 Å². The van der Waals surface area contributed by atoms with Crippen molar-refractivity contribution in [3.63, 3.8) is 0 Å². The second kappa shape index (κ2) is 8.54. The molecule has 26 heavy (non-hydrogen) atoms.